The fraction of sp³-hybridized carbons (Fsp3) is 0.538. The van der Waals surface area contributed by atoms with Gasteiger partial charge in [0.2, 0.25) is 0 Å². The van der Waals surface area contributed by atoms with E-state index in [1.54, 1.807) is 7.11 Å². The van der Waals surface area contributed by atoms with E-state index < -0.39 is 0 Å². The fourth-order valence-corrected chi connectivity index (χ4v) is 2.48. The Balaban J connectivity index is 2.03. The van der Waals surface area contributed by atoms with Crippen LogP contribution in [-0.2, 0) is 10.2 Å². The Morgan fingerprint density at radius 1 is 1.41 bits per heavy atom. The number of ether oxygens (including phenoxy) is 3. The normalized spacial score (nSPS) is 18.7. The highest BCUT2D eigenvalue weighted by Gasteiger charge is 2.53. The molecule has 1 saturated carbocycles. The Morgan fingerprint density at radius 2 is 2.24 bits per heavy atom. The summed E-state index contributed by atoms with van der Waals surface area (Å²) in [7, 11) is 3.54. The molecule has 0 atom stereocenters. The van der Waals surface area contributed by atoms with Crippen molar-refractivity contribution in [2.75, 3.05) is 32.9 Å². The van der Waals surface area contributed by atoms with Crippen molar-refractivity contribution in [1.82, 2.24) is 0 Å². The van der Waals surface area contributed by atoms with Crippen LogP contribution in [0.2, 0.25) is 0 Å². The Kier molecular flexibility index (Phi) is 2.40. The molecule has 0 saturated heterocycles. The maximum Gasteiger partial charge on any atom is 0.188 e. The second-order valence-corrected chi connectivity index (χ2v) is 4.69. The van der Waals surface area contributed by atoms with Crippen molar-refractivity contribution >= 4 is 5.69 Å². The van der Waals surface area contributed by atoms with Crippen LogP contribution in [0, 0.1) is 0 Å². The quantitative estimate of drug-likeness (QED) is 0.812. The Bertz CT molecular complexity index is 441. The minimum absolute atomic E-state index is 0.214. The minimum atomic E-state index is 0.214. The van der Waals surface area contributed by atoms with Gasteiger partial charge >= 0.3 is 0 Å². The smallest absolute Gasteiger partial charge is 0.188 e. The molecule has 1 N–H and O–H groups in total. The number of rotatable bonds is 4. The van der Waals surface area contributed by atoms with E-state index in [9.17, 15) is 0 Å². The standard InChI is InChI=1S/C13H17NO3/c1-14-9-3-4-10(17-8-15-2)11-12(9)16-7-13(11)5-6-13/h3-4,14H,5-8H2,1-2H3. The van der Waals surface area contributed by atoms with E-state index in [4.69, 9.17) is 14.2 Å². The van der Waals surface area contributed by atoms with Crippen LogP contribution in [0.4, 0.5) is 5.69 Å². The highest BCUT2D eigenvalue weighted by atomic mass is 16.7. The molecular formula is C13H17NO3. The highest BCUT2D eigenvalue weighted by Crippen LogP contribution is 2.60. The third-order valence-corrected chi connectivity index (χ3v) is 3.60. The van der Waals surface area contributed by atoms with E-state index >= 15 is 0 Å². The average Bonchev–Trinajstić information content (AvgIpc) is 3.03. The fourth-order valence-electron chi connectivity index (χ4n) is 2.48. The molecule has 1 aromatic carbocycles. The van der Waals surface area contributed by atoms with Crippen molar-refractivity contribution in [3.8, 4) is 11.5 Å². The molecule has 1 fully saturated rings. The number of hydrogen-bond donors (Lipinski definition) is 1. The Hall–Kier alpha value is -1.42. The first-order valence-corrected chi connectivity index (χ1v) is 5.90. The first-order chi connectivity index (χ1) is 8.30. The van der Waals surface area contributed by atoms with Crippen LogP contribution < -0.4 is 14.8 Å². The lowest BCUT2D eigenvalue weighted by atomic mass is 9.96. The van der Waals surface area contributed by atoms with Crippen molar-refractivity contribution in [3.05, 3.63) is 17.7 Å². The molecule has 3 rings (SSSR count). The van der Waals surface area contributed by atoms with E-state index in [0.717, 1.165) is 23.8 Å². The number of benzene rings is 1. The maximum atomic E-state index is 5.84. The van der Waals surface area contributed by atoms with Gasteiger partial charge < -0.3 is 19.5 Å². The summed E-state index contributed by atoms with van der Waals surface area (Å²) in [5, 5.41) is 3.16. The zero-order valence-corrected chi connectivity index (χ0v) is 10.2. The molecule has 1 spiro atoms. The lowest BCUT2D eigenvalue weighted by molar-refractivity contribution is 0.0502. The van der Waals surface area contributed by atoms with E-state index in [-0.39, 0.29) is 12.2 Å². The number of methoxy groups -OCH3 is 1. The second kappa shape index (κ2) is 3.81. The molecule has 92 valence electrons. The van der Waals surface area contributed by atoms with Crippen molar-refractivity contribution < 1.29 is 14.2 Å². The molecule has 1 heterocycles. The third kappa shape index (κ3) is 1.55. The first-order valence-electron chi connectivity index (χ1n) is 5.90. The van der Waals surface area contributed by atoms with Gasteiger partial charge in [0.1, 0.15) is 11.5 Å². The zero-order valence-electron chi connectivity index (χ0n) is 10.2. The van der Waals surface area contributed by atoms with Gasteiger partial charge in [-0.25, -0.2) is 0 Å². The van der Waals surface area contributed by atoms with Crippen molar-refractivity contribution in [2.45, 2.75) is 18.3 Å². The van der Waals surface area contributed by atoms with E-state index in [0.29, 0.717) is 0 Å². The van der Waals surface area contributed by atoms with Gasteiger partial charge in [0.25, 0.3) is 0 Å². The number of fused-ring (bicyclic) bond motifs is 2. The molecule has 2 aliphatic rings. The van der Waals surface area contributed by atoms with Gasteiger partial charge in [0.05, 0.1) is 12.3 Å². The van der Waals surface area contributed by atoms with Gasteiger partial charge in [-0.3, -0.25) is 0 Å². The maximum absolute atomic E-state index is 5.84. The zero-order chi connectivity index (χ0) is 11.9. The molecule has 0 unspecified atom stereocenters. The average molecular weight is 235 g/mol. The van der Waals surface area contributed by atoms with Gasteiger partial charge in [-0.15, -0.1) is 0 Å². The summed E-state index contributed by atoms with van der Waals surface area (Å²) in [5.41, 5.74) is 2.47. The molecule has 0 aromatic heterocycles. The van der Waals surface area contributed by atoms with E-state index in [2.05, 4.69) is 5.32 Å². The third-order valence-electron chi connectivity index (χ3n) is 3.60. The van der Waals surface area contributed by atoms with Gasteiger partial charge in [-0.2, -0.15) is 0 Å². The molecule has 4 nitrogen and oxygen atoms in total. The largest absolute Gasteiger partial charge is 0.490 e. The first kappa shape index (κ1) is 10.7. The second-order valence-electron chi connectivity index (χ2n) is 4.69. The van der Waals surface area contributed by atoms with Crippen LogP contribution in [0.15, 0.2) is 12.1 Å². The number of anilines is 1. The molecule has 1 aliphatic heterocycles. The SMILES string of the molecule is CNc1ccc(OCOC)c2c1OCC21CC1. The predicted molar refractivity (Wildman–Crippen MR) is 64.9 cm³/mol. The summed E-state index contributed by atoms with van der Waals surface area (Å²) < 4.78 is 16.5. The summed E-state index contributed by atoms with van der Waals surface area (Å²) in [6.07, 6.45) is 2.38. The Morgan fingerprint density at radius 3 is 2.88 bits per heavy atom. The Labute approximate surface area is 101 Å². The van der Waals surface area contributed by atoms with Crippen LogP contribution in [0.1, 0.15) is 18.4 Å². The highest BCUT2D eigenvalue weighted by molar-refractivity contribution is 5.69. The molecular weight excluding hydrogens is 218 g/mol. The van der Waals surface area contributed by atoms with Crippen molar-refractivity contribution in [2.24, 2.45) is 0 Å². The lowest BCUT2D eigenvalue weighted by Gasteiger charge is -2.14. The van der Waals surface area contributed by atoms with E-state index in [1.807, 2.05) is 19.2 Å². The van der Waals surface area contributed by atoms with Crippen LogP contribution in [0.25, 0.3) is 0 Å². The molecule has 0 radical (unpaired) electrons. The summed E-state index contributed by atoms with van der Waals surface area (Å²) in [6, 6.07) is 3.99. The molecule has 17 heavy (non-hydrogen) atoms. The topological polar surface area (TPSA) is 39.7 Å². The molecule has 0 amide bonds. The molecule has 0 bridgehead atoms. The van der Waals surface area contributed by atoms with Gasteiger partial charge in [-0.1, -0.05) is 0 Å². The van der Waals surface area contributed by atoms with Gasteiger partial charge in [0.15, 0.2) is 6.79 Å². The van der Waals surface area contributed by atoms with Crippen LogP contribution in [-0.4, -0.2) is 27.6 Å². The summed E-state index contributed by atoms with van der Waals surface area (Å²) >= 11 is 0. The monoisotopic (exact) mass is 235 g/mol. The van der Waals surface area contributed by atoms with Crippen LogP contribution in [0.3, 0.4) is 0 Å². The van der Waals surface area contributed by atoms with E-state index in [1.165, 1.54) is 18.4 Å². The van der Waals surface area contributed by atoms with Crippen molar-refractivity contribution in [1.29, 1.82) is 0 Å². The summed E-state index contributed by atoms with van der Waals surface area (Å²) in [5.74, 6) is 1.86. The molecule has 1 aromatic rings. The molecule has 1 aliphatic carbocycles. The van der Waals surface area contributed by atoms with Crippen LogP contribution in [0.5, 0.6) is 11.5 Å². The van der Waals surface area contributed by atoms with Gasteiger partial charge in [0, 0.05) is 25.1 Å². The predicted octanol–water partition coefficient (Wildman–Crippen LogP) is 2.13. The minimum Gasteiger partial charge on any atom is -0.490 e. The lowest BCUT2D eigenvalue weighted by Crippen LogP contribution is -2.10. The van der Waals surface area contributed by atoms with Gasteiger partial charge in [-0.05, 0) is 25.0 Å². The summed E-state index contributed by atoms with van der Waals surface area (Å²) in [4.78, 5) is 0. The van der Waals surface area contributed by atoms with Crippen LogP contribution >= 0.6 is 0 Å². The number of nitrogens with one attached hydrogen (secondary N) is 1. The molecule has 4 heteroatoms. The number of hydrogen-bond acceptors (Lipinski definition) is 4. The summed E-state index contributed by atoms with van der Waals surface area (Å²) in [6.45, 7) is 1.06. The van der Waals surface area contributed by atoms with Crippen molar-refractivity contribution in [3.63, 3.8) is 0 Å².